The molecule has 37 heavy (non-hydrogen) atoms. The Morgan fingerprint density at radius 2 is 1.89 bits per heavy atom. The Bertz CT molecular complexity index is 1500. The minimum atomic E-state index is -0.282. The van der Waals surface area contributed by atoms with Crippen molar-refractivity contribution >= 4 is 40.1 Å². The van der Waals surface area contributed by atoms with Crippen LogP contribution in [0.2, 0.25) is 5.02 Å². The maximum Gasteiger partial charge on any atom is 0.251 e. The summed E-state index contributed by atoms with van der Waals surface area (Å²) in [5.41, 5.74) is 6.21. The second kappa shape index (κ2) is 10.6. The van der Waals surface area contributed by atoms with Crippen molar-refractivity contribution in [1.29, 1.82) is 0 Å². The lowest BCUT2D eigenvalue weighted by Crippen LogP contribution is -2.36. The molecule has 0 spiro atoms. The van der Waals surface area contributed by atoms with E-state index in [-0.39, 0.29) is 17.9 Å². The number of carbonyl (C=O) groups is 2. The van der Waals surface area contributed by atoms with Crippen molar-refractivity contribution in [2.24, 2.45) is 0 Å². The third kappa shape index (κ3) is 5.16. The summed E-state index contributed by atoms with van der Waals surface area (Å²) < 4.78 is 0. The van der Waals surface area contributed by atoms with Gasteiger partial charge >= 0.3 is 0 Å². The summed E-state index contributed by atoms with van der Waals surface area (Å²) in [6.07, 6.45) is 8.51. The Balaban J connectivity index is 1.60. The highest BCUT2D eigenvalue weighted by atomic mass is 35.5. The summed E-state index contributed by atoms with van der Waals surface area (Å²) in [4.78, 5) is 33.0. The monoisotopic (exact) mass is 512 g/mol. The lowest BCUT2D eigenvalue weighted by atomic mass is 9.94. The predicted molar refractivity (Wildman–Crippen MR) is 150 cm³/mol. The van der Waals surface area contributed by atoms with Crippen molar-refractivity contribution in [1.82, 2.24) is 15.3 Å². The number of hydrogen-bond donors (Lipinski definition) is 3. The number of fused-ring (bicyclic) bond motifs is 1. The van der Waals surface area contributed by atoms with E-state index in [1.165, 1.54) is 12.5 Å². The lowest BCUT2D eigenvalue weighted by molar-refractivity contribution is -0.111. The number of H-pyrrole nitrogens is 1. The molecule has 4 aromatic rings. The van der Waals surface area contributed by atoms with Gasteiger partial charge < -0.3 is 15.6 Å². The first-order chi connectivity index (χ1) is 17.9. The molecular formula is C30H29ClN4O2. The highest BCUT2D eigenvalue weighted by Gasteiger charge is 2.21. The van der Waals surface area contributed by atoms with Gasteiger partial charge in [0, 0.05) is 34.4 Å². The topological polar surface area (TPSA) is 86.9 Å². The van der Waals surface area contributed by atoms with Crippen molar-refractivity contribution in [3.8, 4) is 22.4 Å². The number of halogens is 1. The molecule has 0 saturated heterocycles. The number of hydrogen-bond acceptors (Lipinski definition) is 3. The number of nitrogens with zero attached hydrogens (tertiary/aromatic N) is 1. The highest BCUT2D eigenvalue weighted by Crippen LogP contribution is 2.42. The third-order valence-corrected chi connectivity index (χ3v) is 7.28. The summed E-state index contributed by atoms with van der Waals surface area (Å²) in [5.74, 6) is -0.344. The number of aromatic nitrogens is 2. The second-order valence-electron chi connectivity index (χ2n) is 9.50. The molecule has 7 heteroatoms. The van der Waals surface area contributed by atoms with E-state index < -0.39 is 0 Å². The van der Waals surface area contributed by atoms with Crippen LogP contribution >= 0.6 is 11.6 Å². The Kier molecular flexibility index (Phi) is 7.10. The minimum Gasteiger partial charge on any atom is -0.349 e. The fraction of sp³-hybridized carbons (Fsp3) is 0.233. The van der Waals surface area contributed by atoms with Gasteiger partial charge in [0.1, 0.15) is 5.65 Å². The van der Waals surface area contributed by atoms with Gasteiger partial charge in [-0.05, 0) is 66.8 Å². The normalized spacial score (nSPS) is 13.9. The van der Waals surface area contributed by atoms with Crippen molar-refractivity contribution in [2.45, 2.75) is 45.1 Å². The van der Waals surface area contributed by atoms with Crippen LogP contribution in [0.25, 0.3) is 33.4 Å². The van der Waals surface area contributed by atoms with E-state index in [9.17, 15) is 9.59 Å². The molecule has 2 amide bonds. The first kappa shape index (κ1) is 24.8. The van der Waals surface area contributed by atoms with Gasteiger partial charge in [-0.25, -0.2) is 4.98 Å². The standard InChI is InChI=1S/C30H29ClN4O2/c1-3-25(36)34-24-17-19(13-12-18(24)2)26-27-23(31)14-15-32-29(27)35-28(26)20-8-7-9-21(16-20)30(37)33-22-10-5-4-6-11-22/h3,7-9,12-17,22H,1,4-6,10-11H2,2H3,(H,32,35)(H,33,37)(H,34,36). The molecule has 1 fully saturated rings. The van der Waals surface area contributed by atoms with E-state index in [4.69, 9.17) is 11.6 Å². The Morgan fingerprint density at radius 1 is 1.08 bits per heavy atom. The maximum absolute atomic E-state index is 13.1. The lowest BCUT2D eigenvalue weighted by Gasteiger charge is -2.22. The number of aryl methyl sites for hydroxylation is 1. The van der Waals surface area contributed by atoms with E-state index >= 15 is 0 Å². The molecule has 2 heterocycles. The minimum absolute atomic E-state index is 0.0627. The Labute approximate surface area is 221 Å². The summed E-state index contributed by atoms with van der Waals surface area (Å²) in [6.45, 7) is 5.48. The first-order valence-electron chi connectivity index (χ1n) is 12.6. The largest absolute Gasteiger partial charge is 0.349 e. The molecule has 3 N–H and O–H groups in total. The molecule has 188 valence electrons. The van der Waals surface area contributed by atoms with Crippen LogP contribution in [0.4, 0.5) is 5.69 Å². The van der Waals surface area contributed by atoms with Gasteiger partial charge in [-0.3, -0.25) is 9.59 Å². The third-order valence-electron chi connectivity index (χ3n) is 6.97. The Morgan fingerprint density at radius 3 is 2.68 bits per heavy atom. The van der Waals surface area contributed by atoms with Crippen LogP contribution in [0.3, 0.4) is 0 Å². The molecular weight excluding hydrogens is 484 g/mol. The van der Waals surface area contributed by atoms with Crippen molar-refractivity contribution < 1.29 is 9.59 Å². The number of benzene rings is 2. The molecule has 2 aromatic carbocycles. The fourth-order valence-electron chi connectivity index (χ4n) is 5.01. The van der Waals surface area contributed by atoms with Crippen molar-refractivity contribution in [2.75, 3.05) is 5.32 Å². The van der Waals surface area contributed by atoms with Crippen molar-refractivity contribution in [3.05, 3.63) is 83.5 Å². The maximum atomic E-state index is 13.1. The van der Waals surface area contributed by atoms with E-state index in [1.807, 2.05) is 49.4 Å². The van der Waals surface area contributed by atoms with E-state index in [1.54, 1.807) is 12.3 Å². The van der Waals surface area contributed by atoms with Crippen LogP contribution in [0.15, 0.2) is 67.4 Å². The molecule has 1 aliphatic carbocycles. The summed E-state index contributed by atoms with van der Waals surface area (Å²) in [5, 5.41) is 7.42. The van der Waals surface area contributed by atoms with Gasteiger partial charge in [-0.2, -0.15) is 0 Å². The zero-order valence-corrected chi connectivity index (χ0v) is 21.5. The zero-order chi connectivity index (χ0) is 25.9. The fourth-order valence-corrected chi connectivity index (χ4v) is 5.25. The van der Waals surface area contributed by atoms with Gasteiger partial charge in [-0.1, -0.05) is 61.7 Å². The summed E-state index contributed by atoms with van der Waals surface area (Å²) in [6, 6.07) is 15.4. The van der Waals surface area contributed by atoms with Gasteiger partial charge in [0.15, 0.2) is 0 Å². The number of aromatic amines is 1. The average molecular weight is 513 g/mol. The van der Waals surface area contributed by atoms with Gasteiger partial charge in [0.2, 0.25) is 5.91 Å². The van der Waals surface area contributed by atoms with Crippen LogP contribution in [-0.4, -0.2) is 27.8 Å². The molecule has 0 bridgehead atoms. The first-order valence-corrected chi connectivity index (χ1v) is 12.9. The number of carbonyl (C=O) groups excluding carboxylic acids is 2. The van der Waals surface area contributed by atoms with Crippen molar-refractivity contribution in [3.63, 3.8) is 0 Å². The van der Waals surface area contributed by atoms with E-state index in [0.29, 0.717) is 21.9 Å². The molecule has 1 saturated carbocycles. The smallest absolute Gasteiger partial charge is 0.251 e. The zero-order valence-electron chi connectivity index (χ0n) is 20.7. The predicted octanol–water partition coefficient (Wildman–Crippen LogP) is 7.05. The average Bonchev–Trinajstić information content (AvgIpc) is 3.31. The van der Waals surface area contributed by atoms with Crippen LogP contribution < -0.4 is 10.6 Å². The highest BCUT2D eigenvalue weighted by molar-refractivity contribution is 6.36. The van der Waals surface area contributed by atoms with E-state index in [0.717, 1.165) is 59.0 Å². The summed E-state index contributed by atoms with van der Waals surface area (Å²) >= 11 is 6.67. The van der Waals surface area contributed by atoms with Crippen LogP contribution in [0.1, 0.15) is 48.0 Å². The number of pyridine rings is 1. The molecule has 5 rings (SSSR count). The molecule has 0 radical (unpaired) electrons. The van der Waals surface area contributed by atoms with Crippen LogP contribution in [0.5, 0.6) is 0 Å². The molecule has 2 aromatic heterocycles. The summed E-state index contributed by atoms with van der Waals surface area (Å²) in [7, 11) is 0. The Hall–Kier alpha value is -3.90. The number of amides is 2. The van der Waals surface area contributed by atoms with Crippen LogP contribution in [-0.2, 0) is 4.79 Å². The van der Waals surface area contributed by atoms with Crippen LogP contribution in [0, 0.1) is 6.92 Å². The number of nitrogens with one attached hydrogen (secondary N) is 3. The SMILES string of the molecule is C=CC(=O)Nc1cc(-c2c(-c3cccc(C(=O)NC4CCCCC4)c3)[nH]c3nccc(Cl)c23)ccc1C. The number of anilines is 1. The van der Waals surface area contributed by atoms with Gasteiger partial charge in [0.05, 0.1) is 10.7 Å². The van der Waals surface area contributed by atoms with Gasteiger partial charge in [-0.15, -0.1) is 0 Å². The van der Waals surface area contributed by atoms with Gasteiger partial charge in [0.25, 0.3) is 5.91 Å². The molecule has 0 atom stereocenters. The molecule has 0 unspecified atom stereocenters. The molecule has 0 aliphatic heterocycles. The second-order valence-corrected chi connectivity index (χ2v) is 9.91. The van der Waals surface area contributed by atoms with E-state index in [2.05, 4.69) is 27.2 Å². The molecule has 1 aliphatic rings. The quantitative estimate of drug-likeness (QED) is 0.242. The molecule has 6 nitrogen and oxygen atoms in total. The number of rotatable bonds is 6.